The fourth-order valence-electron chi connectivity index (χ4n) is 3.68. The second-order valence-electron chi connectivity index (χ2n) is 7.86. The molecule has 1 N–H and O–H groups in total. The number of nitrogens with zero attached hydrogens (tertiary/aromatic N) is 1. The summed E-state index contributed by atoms with van der Waals surface area (Å²) in [4.78, 5) is 15.1. The molecule has 1 saturated heterocycles. The van der Waals surface area contributed by atoms with Crippen molar-refractivity contribution in [2.75, 3.05) is 26.0 Å². The number of carbonyl (C=O) groups is 1. The molecule has 0 spiro atoms. The van der Waals surface area contributed by atoms with Crippen LogP contribution in [0.15, 0.2) is 47.4 Å². The molecule has 3 rings (SSSR count). The standard InChI is InChI=1S/C23H30N2O4S/c1-4-29-22-14-18(9-8-17(22)2)16-25-12-10-20(11-13-25)24-23(26)19-6-5-7-21(15-19)30(3,27)28/h5-9,14-15,20H,4,10-13,16H2,1-3H3,(H,24,26). The first-order chi connectivity index (χ1) is 14.3. The van der Waals surface area contributed by atoms with Gasteiger partial charge in [0.1, 0.15) is 5.75 Å². The van der Waals surface area contributed by atoms with E-state index in [2.05, 4.69) is 35.3 Å². The van der Waals surface area contributed by atoms with Gasteiger partial charge in [0.15, 0.2) is 9.84 Å². The number of carbonyl (C=O) groups excluding carboxylic acids is 1. The van der Waals surface area contributed by atoms with Crippen LogP contribution >= 0.6 is 0 Å². The highest BCUT2D eigenvalue weighted by atomic mass is 32.2. The summed E-state index contributed by atoms with van der Waals surface area (Å²) >= 11 is 0. The predicted octanol–water partition coefficient (Wildman–Crippen LogP) is 3.19. The number of rotatable bonds is 7. The molecule has 30 heavy (non-hydrogen) atoms. The molecule has 0 saturated carbocycles. The van der Waals surface area contributed by atoms with Gasteiger partial charge in [0.05, 0.1) is 11.5 Å². The summed E-state index contributed by atoms with van der Waals surface area (Å²) in [5.41, 5.74) is 2.74. The fourth-order valence-corrected chi connectivity index (χ4v) is 4.35. The number of piperidine rings is 1. The summed E-state index contributed by atoms with van der Waals surface area (Å²) in [6.45, 7) is 7.34. The SMILES string of the molecule is CCOc1cc(CN2CCC(NC(=O)c3cccc(S(C)(=O)=O)c3)CC2)ccc1C. The van der Waals surface area contributed by atoms with Crippen LogP contribution in [-0.2, 0) is 16.4 Å². The number of hydrogen-bond acceptors (Lipinski definition) is 5. The van der Waals surface area contributed by atoms with Crippen LogP contribution in [0, 0.1) is 6.92 Å². The molecule has 0 aliphatic carbocycles. The molecule has 1 heterocycles. The summed E-state index contributed by atoms with van der Waals surface area (Å²) in [7, 11) is -3.33. The summed E-state index contributed by atoms with van der Waals surface area (Å²) in [6.07, 6.45) is 2.87. The molecular formula is C23H30N2O4S. The number of aryl methyl sites for hydroxylation is 1. The molecule has 162 valence electrons. The van der Waals surface area contributed by atoms with E-state index in [0.29, 0.717) is 12.2 Å². The van der Waals surface area contributed by atoms with Gasteiger partial charge in [-0.3, -0.25) is 9.69 Å². The minimum Gasteiger partial charge on any atom is -0.494 e. The van der Waals surface area contributed by atoms with Crippen LogP contribution in [0.3, 0.4) is 0 Å². The van der Waals surface area contributed by atoms with E-state index in [9.17, 15) is 13.2 Å². The van der Waals surface area contributed by atoms with E-state index >= 15 is 0 Å². The molecule has 1 fully saturated rings. The second-order valence-corrected chi connectivity index (χ2v) is 9.87. The smallest absolute Gasteiger partial charge is 0.251 e. The monoisotopic (exact) mass is 430 g/mol. The maximum Gasteiger partial charge on any atom is 0.251 e. The minimum absolute atomic E-state index is 0.0904. The molecule has 1 aliphatic rings. The number of amides is 1. The zero-order valence-corrected chi connectivity index (χ0v) is 18.7. The van der Waals surface area contributed by atoms with Gasteiger partial charge in [-0.1, -0.05) is 18.2 Å². The Bertz CT molecular complexity index is 996. The summed E-state index contributed by atoms with van der Waals surface area (Å²) in [6, 6.07) is 12.6. The molecule has 2 aromatic carbocycles. The number of sulfone groups is 1. The van der Waals surface area contributed by atoms with E-state index in [1.165, 1.54) is 17.7 Å². The first kappa shape index (κ1) is 22.3. The van der Waals surface area contributed by atoms with E-state index in [1.807, 2.05) is 6.92 Å². The highest BCUT2D eigenvalue weighted by Crippen LogP contribution is 2.22. The summed E-state index contributed by atoms with van der Waals surface area (Å²) in [5.74, 6) is 0.715. The first-order valence-corrected chi connectivity index (χ1v) is 12.2. The van der Waals surface area contributed by atoms with Crippen molar-refractivity contribution < 1.29 is 17.9 Å². The van der Waals surface area contributed by atoms with Gasteiger partial charge in [-0.05, 0) is 62.1 Å². The van der Waals surface area contributed by atoms with Crippen molar-refractivity contribution in [3.8, 4) is 5.75 Å². The van der Waals surface area contributed by atoms with Crippen LogP contribution in [0.1, 0.15) is 41.3 Å². The Morgan fingerprint density at radius 3 is 2.57 bits per heavy atom. The van der Waals surface area contributed by atoms with Crippen molar-refractivity contribution in [3.05, 3.63) is 59.2 Å². The van der Waals surface area contributed by atoms with Crippen molar-refractivity contribution in [1.82, 2.24) is 10.2 Å². The quantitative estimate of drug-likeness (QED) is 0.730. The van der Waals surface area contributed by atoms with E-state index < -0.39 is 9.84 Å². The lowest BCUT2D eigenvalue weighted by Gasteiger charge is -2.32. The number of nitrogens with one attached hydrogen (secondary N) is 1. The molecule has 0 bridgehead atoms. The lowest BCUT2D eigenvalue weighted by molar-refractivity contribution is 0.0908. The molecule has 0 unspecified atom stereocenters. The molecular weight excluding hydrogens is 400 g/mol. The van der Waals surface area contributed by atoms with Crippen LogP contribution in [0.4, 0.5) is 0 Å². The van der Waals surface area contributed by atoms with Crippen molar-refractivity contribution in [2.24, 2.45) is 0 Å². The van der Waals surface area contributed by atoms with Crippen molar-refractivity contribution in [2.45, 2.75) is 44.2 Å². The number of hydrogen-bond donors (Lipinski definition) is 1. The van der Waals surface area contributed by atoms with Crippen molar-refractivity contribution in [1.29, 1.82) is 0 Å². The van der Waals surface area contributed by atoms with E-state index in [-0.39, 0.29) is 16.8 Å². The molecule has 6 nitrogen and oxygen atoms in total. The molecule has 7 heteroatoms. The number of ether oxygens (including phenoxy) is 1. The average Bonchev–Trinajstić information content (AvgIpc) is 2.71. The van der Waals surface area contributed by atoms with Gasteiger partial charge in [0.2, 0.25) is 0 Å². The molecule has 1 amide bonds. The largest absolute Gasteiger partial charge is 0.494 e. The number of likely N-dealkylation sites (tertiary alicyclic amines) is 1. The highest BCUT2D eigenvalue weighted by molar-refractivity contribution is 7.90. The van der Waals surface area contributed by atoms with E-state index in [0.717, 1.165) is 50.0 Å². The van der Waals surface area contributed by atoms with Gasteiger partial charge in [-0.15, -0.1) is 0 Å². The molecule has 0 aromatic heterocycles. The van der Waals surface area contributed by atoms with Gasteiger partial charge in [-0.2, -0.15) is 0 Å². The highest BCUT2D eigenvalue weighted by Gasteiger charge is 2.22. The second kappa shape index (κ2) is 9.62. The Balaban J connectivity index is 1.54. The van der Waals surface area contributed by atoms with Crippen LogP contribution in [0.2, 0.25) is 0 Å². The third-order valence-corrected chi connectivity index (χ3v) is 6.52. The molecule has 0 radical (unpaired) electrons. The van der Waals surface area contributed by atoms with Crippen LogP contribution in [-0.4, -0.2) is 51.2 Å². The Morgan fingerprint density at radius 2 is 1.90 bits per heavy atom. The first-order valence-electron chi connectivity index (χ1n) is 10.3. The van der Waals surface area contributed by atoms with Gasteiger partial charge in [-0.25, -0.2) is 8.42 Å². The molecule has 1 aliphatic heterocycles. The molecule has 2 aromatic rings. The summed E-state index contributed by atoms with van der Waals surface area (Å²) in [5, 5.41) is 3.05. The Labute approximate surface area is 179 Å². The lowest BCUT2D eigenvalue weighted by atomic mass is 10.0. The van der Waals surface area contributed by atoms with Crippen molar-refractivity contribution >= 4 is 15.7 Å². The van der Waals surface area contributed by atoms with Gasteiger partial charge < -0.3 is 10.1 Å². The van der Waals surface area contributed by atoms with Crippen LogP contribution in [0.5, 0.6) is 5.75 Å². The van der Waals surface area contributed by atoms with Gasteiger partial charge in [0, 0.05) is 37.5 Å². The average molecular weight is 431 g/mol. The van der Waals surface area contributed by atoms with Crippen molar-refractivity contribution in [3.63, 3.8) is 0 Å². The maximum atomic E-state index is 12.6. The third-order valence-electron chi connectivity index (χ3n) is 5.41. The van der Waals surface area contributed by atoms with E-state index in [4.69, 9.17) is 4.74 Å². The number of benzene rings is 2. The Kier molecular flexibility index (Phi) is 7.15. The van der Waals surface area contributed by atoms with Gasteiger partial charge >= 0.3 is 0 Å². The summed E-state index contributed by atoms with van der Waals surface area (Å²) < 4.78 is 29.1. The fraction of sp³-hybridized carbons (Fsp3) is 0.435. The lowest BCUT2D eigenvalue weighted by Crippen LogP contribution is -2.44. The van der Waals surface area contributed by atoms with E-state index in [1.54, 1.807) is 12.1 Å². The minimum atomic E-state index is -3.33. The van der Waals surface area contributed by atoms with Crippen LogP contribution in [0.25, 0.3) is 0 Å². The Morgan fingerprint density at radius 1 is 1.17 bits per heavy atom. The Hall–Kier alpha value is -2.38. The predicted molar refractivity (Wildman–Crippen MR) is 118 cm³/mol. The topological polar surface area (TPSA) is 75.7 Å². The van der Waals surface area contributed by atoms with Gasteiger partial charge in [0.25, 0.3) is 5.91 Å². The normalized spacial score (nSPS) is 15.7. The maximum absolute atomic E-state index is 12.6. The third kappa shape index (κ3) is 5.83. The molecule has 0 atom stereocenters. The van der Waals surface area contributed by atoms with Crippen LogP contribution < -0.4 is 10.1 Å². The zero-order valence-electron chi connectivity index (χ0n) is 17.8. The zero-order chi connectivity index (χ0) is 21.7.